The molecule has 0 bridgehead atoms. The third kappa shape index (κ3) is 5.06. The van der Waals surface area contributed by atoms with Crippen molar-refractivity contribution >= 4 is 34.6 Å². The molecule has 0 aliphatic carbocycles. The molecular formula is C29H33N5O2. The number of aryl methyl sites for hydroxylation is 1. The van der Waals surface area contributed by atoms with Crippen molar-refractivity contribution in [2.45, 2.75) is 33.2 Å². The molecule has 3 aromatic carbocycles. The summed E-state index contributed by atoms with van der Waals surface area (Å²) in [4.78, 5) is 28.1. The van der Waals surface area contributed by atoms with E-state index in [1.807, 2.05) is 42.5 Å². The van der Waals surface area contributed by atoms with Crippen LogP contribution in [0.25, 0.3) is 0 Å². The fourth-order valence-corrected chi connectivity index (χ4v) is 4.90. The summed E-state index contributed by atoms with van der Waals surface area (Å²) in [5.41, 5.74) is 7.65. The van der Waals surface area contributed by atoms with Gasteiger partial charge in [-0.2, -0.15) is 0 Å². The van der Waals surface area contributed by atoms with Crippen LogP contribution >= 0.6 is 0 Å². The molecule has 0 unspecified atom stereocenters. The van der Waals surface area contributed by atoms with Gasteiger partial charge in [-0.3, -0.25) is 9.59 Å². The summed E-state index contributed by atoms with van der Waals surface area (Å²) in [5, 5.41) is 12.7. The molecule has 1 fully saturated rings. The largest absolute Gasteiger partial charge is 0.384 e. The highest BCUT2D eigenvalue weighted by Gasteiger charge is 2.27. The second-order valence-corrected chi connectivity index (χ2v) is 9.58. The summed E-state index contributed by atoms with van der Waals surface area (Å²) < 4.78 is 0. The van der Waals surface area contributed by atoms with Crippen molar-refractivity contribution in [2.24, 2.45) is 0 Å². The van der Waals surface area contributed by atoms with Crippen LogP contribution < -0.4 is 21.3 Å². The Bertz CT molecular complexity index is 1280. The van der Waals surface area contributed by atoms with Crippen LogP contribution in [0, 0.1) is 13.8 Å². The average molecular weight is 484 g/mol. The fraction of sp³-hybridized carbons (Fsp3) is 0.310. The molecule has 4 N–H and O–H groups in total. The molecule has 2 amide bonds. The average Bonchev–Trinajstić information content (AvgIpc) is 3.54. The number of nitrogens with zero attached hydrogens (tertiary/aromatic N) is 1. The van der Waals surface area contributed by atoms with E-state index in [9.17, 15) is 9.59 Å². The van der Waals surface area contributed by atoms with Crippen LogP contribution in [0.1, 0.15) is 50.2 Å². The van der Waals surface area contributed by atoms with Gasteiger partial charge in [-0.25, -0.2) is 0 Å². The van der Waals surface area contributed by atoms with E-state index in [0.717, 1.165) is 41.3 Å². The van der Waals surface area contributed by atoms with E-state index in [1.54, 1.807) is 6.07 Å². The predicted molar refractivity (Wildman–Crippen MR) is 145 cm³/mol. The standard InChI is InChI=1S/C29H33N5O2/c1-19-6-5-7-24(20(19)2)32-25-12-13-26(27-23(25)18-31-29(27)36)33-28(35)21-8-10-22(11-9-21)30-14-17-34-15-3-4-16-34/h5-13,30,32H,3-4,14-18H2,1-2H3,(H,31,36)(H,33,35). The molecule has 0 radical (unpaired) electrons. The smallest absolute Gasteiger partial charge is 0.255 e. The van der Waals surface area contributed by atoms with E-state index in [0.29, 0.717) is 23.4 Å². The summed E-state index contributed by atoms with van der Waals surface area (Å²) in [5.74, 6) is -0.418. The fourth-order valence-electron chi connectivity index (χ4n) is 4.90. The molecule has 2 aliphatic rings. The van der Waals surface area contributed by atoms with Crippen LogP contribution in [0.2, 0.25) is 0 Å². The Labute approximate surface area is 212 Å². The van der Waals surface area contributed by atoms with E-state index in [1.165, 1.54) is 31.5 Å². The first-order valence-electron chi connectivity index (χ1n) is 12.6. The number of hydrogen-bond donors (Lipinski definition) is 4. The molecule has 36 heavy (non-hydrogen) atoms. The molecule has 7 heteroatoms. The molecule has 0 atom stereocenters. The second-order valence-electron chi connectivity index (χ2n) is 9.58. The van der Waals surface area contributed by atoms with Gasteiger partial charge in [0, 0.05) is 47.8 Å². The molecular weight excluding hydrogens is 450 g/mol. The Hall–Kier alpha value is -3.84. The number of fused-ring (bicyclic) bond motifs is 1. The zero-order chi connectivity index (χ0) is 25.1. The second kappa shape index (κ2) is 10.4. The maximum atomic E-state index is 13.0. The summed E-state index contributed by atoms with van der Waals surface area (Å²) in [6.45, 7) is 8.86. The maximum absolute atomic E-state index is 13.0. The Kier molecular flexibility index (Phi) is 6.91. The van der Waals surface area contributed by atoms with Gasteiger partial charge >= 0.3 is 0 Å². The van der Waals surface area contributed by atoms with Crippen molar-refractivity contribution in [1.29, 1.82) is 0 Å². The molecule has 186 valence electrons. The van der Waals surface area contributed by atoms with Crippen molar-refractivity contribution in [3.8, 4) is 0 Å². The van der Waals surface area contributed by atoms with E-state index >= 15 is 0 Å². The van der Waals surface area contributed by atoms with Gasteiger partial charge in [-0.05, 0) is 93.4 Å². The minimum atomic E-state index is -0.240. The Morgan fingerprint density at radius 3 is 2.47 bits per heavy atom. The topological polar surface area (TPSA) is 85.5 Å². The van der Waals surface area contributed by atoms with Crippen LogP contribution in [0.5, 0.6) is 0 Å². The normalized spacial score (nSPS) is 14.9. The molecule has 1 saturated heterocycles. The van der Waals surface area contributed by atoms with Gasteiger partial charge in [0.2, 0.25) is 0 Å². The highest BCUT2D eigenvalue weighted by Crippen LogP contribution is 2.34. The van der Waals surface area contributed by atoms with Crippen molar-refractivity contribution in [3.63, 3.8) is 0 Å². The number of likely N-dealkylation sites (tertiary alicyclic amines) is 1. The Morgan fingerprint density at radius 2 is 1.69 bits per heavy atom. The van der Waals surface area contributed by atoms with Crippen LogP contribution in [0.4, 0.5) is 22.7 Å². The number of amides is 2. The monoisotopic (exact) mass is 483 g/mol. The van der Waals surface area contributed by atoms with Gasteiger partial charge in [0.1, 0.15) is 0 Å². The maximum Gasteiger partial charge on any atom is 0.255 e. The Balaban J connectivity index is 1.27. The zero-order valence-corrected chi connectivity index (χ0v) is 20.9. The van der Waals surface area contributed by atoms with Gasteiger partial charge in [-0.15, -0.1) is 0 Å². The van der Waals surface area contributed by atoms with Crippen molar-refractivity contribution in [2.75, 3.05) is 42.1 Å². The molecule has 7 nitrogen and oxygen atoms in total. The van der Waals surface area contributed by atoms with E-state index in [4.69, 9.17) is 0 Å². The summed E-state index contributed by atoms with van der Waals surface area (Å²) in [6.07, 6.45) is 2.58. The number of benzene rings is 3. The summed E-state index contributed by atoms with van der Waals surface area (Å²) in [6, 6.07) is 17.3. The van der Waals surface area contributed by atoms with Gasteiger partial charge in [0.15, 0.2) is 0 Å². The van der Waals surface area contributed by atoms with Gasteiger partial charge in [-0.1, -0.05) is 12.1 Å². The first-order valence-corrected chi connectivity index (χ1v) is 12.6. The molecule has 3 aromatic rings. The Morgan fingerprint density at radius 1 is 0.944 bits per heavy atom. The molecule has 5 rings (SSSR count). The number of carbonyl (C=O) groups excluding carboxylic acids is 2. The lowest BCUT2D eigenvalue weighted by molar-refractivity contribution is 0.0966. The summed E-state index contributed by atoms with van der Waals surface area (Å²) in [7, 11) is 0. The third-order valence-corrected chi connectivity index (χ3v) is 7.19. The van der Waals surface area contributed by atoms with Crippen molar-refractivity contribution < 1.29 is 9.59 Å². The molecule has 0 saturated carbocycles. The minimum Gasteiger partial charge on any atom is -0.384 e. The minimum absolute atomic E-state index is 0.178. The van der Waals surface area contributed by atoms with Gasteiger partial charge < -0.3 is 26.2 Å². The molecule has 0 aromatic heterocycles. The SMILES string of the molecule is Cc1cccc(Nc2ccc(NC(=O)c3ccc(NCCN4CCCC4)cc3)c3c2CNC3=O)c1C. The highest BCUT2D eigenvalue weighted by molar-refractivity contribution is 6.11. The van der Waals surface area contributed by atoms with E-state index < -0.39 is 0 Å². The van der Waals surface area contributed by atoms with E-state index in [2.05, 4.69) is 46.1 Å². The van der Waals surface area contributed by atoms with Crippen LogP contribution in [-0.4, -0.2) is 42.9 Å². The van der Waals surface area contributed by atoms with Crippen molar-refractivity contribution in [1.82, 2.24) is 10.2 Å². The predicted octanol–water partition coefficient (Wildman–Crippen LogP) is 5.05. The summed E-state index contributed by atoms with van der Waals surface area (Å²) >= 11 is 0. The lowest BCUT2D eigenvalue weighted by Crippen LogP contribution is -2.25. The molecule has 0 spiro atoms. The third-order valence-electron chi connectivity index (χ3n) is 7.19. The van der Waals surface area contributed by atoms with Crippen LogP contribution in [0.15, 0.2) is 54.6 Å². The van der Waals surface area contributed by atoms with Gasteiger partial charge in [0.25, 0.3) is 11.8 Å². The quantitative estimate of drug-likeness (QED) is 0.360. The van der Waals surface area contributed by atoms with E-state index in [-0.39, 0.29) is 11.8 Å². The van der Waals surface area contributed by atoms with Crippen LogP contribution in [0.3, 0.4) is 0 Å². The number of carbonyl (C=O) groups is 2. The first kappa shape index (κ1) is 23.9. The molecule has 2 heterocycles. The lowest BCUT2D eigenvalue weighted by atomic mass is 10.0. The number of nitrogens with one attached hydrogen (secondary N) is 4. The number of anilines is 4. The lowest BCUT2D eigenvalue weighted by Gasteiger charge is -2.16. The number of rotatable bonds is 8. The first-order chi connectivity index (χ1) is 17.5. The van der Waals surface area contributed by atoms with Crippen molar-refractivity contribution in [3.05, 3.63) is 82.4 Å². The molecule has 2 aliphatic heterocycles. The van der Waals surface area contributed by atoms with Crippen LogP contribution in [-0.2, 0) is 6.54 Å². The van der Waals surface area contributed by atoms with Gasteiger partial charge in [0.05, 0.1) is 11.3 Å². The highest BCUT2D eigenvalue weighted by atomic mass is 16.2. The zero-order valence-electron chi connectivity index (χ0n) is 20.9. The number of hydrogen-bond acceptors (Lipinski definition) is 5.